The predicted octanol–water partition coefficient (Wildman–Crippen LogP) is 7.66. The molecule has 0 aromatic heterocycles. The maximum absolute atomic E-state index is 7.01. The largest absolute Gasteiger partial charge is 0.378 e. The van der Waals surface area contributed by atoms with Crippen molar-refractivity contribution in [2.75, 3.05) is 39.9 Å². The fourth-order valence-corrected chi connectivity index (χ4v) is 10.5. The lowest BCUT2D eigenvalue weighted by atomic mass is 9.55. The van der Waals surface area contributed by atoms with Crippen LogP contribution in [0.3, 0.4) is 0 Å². The molecule has 5 unspecified atom stereocenters. The van der Waals surface area contributed by atoms with Crippen molar-refractivity contribution in [3.05, 3.63) is 35.9 Å². The minimum Gasteiger partial charge on any atom is -0.378 e. The van der Waals surface area contributed by atoms with Crippen molar-refractivity contribution >= 4 is 9.24 Å². The summed E-state index contributed by atoms with van der Waals surface area (Å²) in [5.41, 5.74) is 14.3. The van der Waals surface area contributed by atoms with Gasteiger partial charge in [0.05, 0.1) is 12.2 Å². The van der Waals surface area contributed by atoms with Gasteiger partial charge in [-0.25, -0.2) is 0 Å². The highest BCUT2D eigenvalue weighted by atomic mass is 31.0. The smallest absolute Gasteiger partial charge is 0.0636 e. The van der Waals surface area contributed by atoms with E-state index in [1.54, 1.807) is 0 Å². The molecule has 0 radical (unpaired) electrons. The van der Waals surface area contributed by atoms with Gasteiger partial charge in [0.15, 0.2) is 0 Å². The van der Waals surface area contributed by atoms with Crippen molar-refractivity contribution < 1.29 is 9.47 Å². The van der Waals surface area contributed by atoms with Crippen LogP contribution in [0.5, 0.6) is 0 Å². The van der Waals surface area contributed by atoms with E-state index in [9.17, 15) is 0 Å². The molecular weight excluding hydrogens is 561 g/mol. The van der Waals surface area contributed by atoms with Crippen molar-refractivity contribution in [1.82, 2.24) is 4.90 Å². The fraction of sp³-hybridized carbons (Fsp3) is 0.842. The molecule has 1 aromatic rings. The first-order chi connectivity index (χ1) is 21.2. The number of ether oxygens (including phenoxy) is 2. The number of hydrogen-bond donors (Lipinski definition) is 2. The number of nitrogens with zero attached hydrogens (tertiary/aromatic N) is 1. The van der Waals surface area contributed by atoms with E-state index in [4.69, 9.17) is 20.9 Å². The summed E-state index contributed by atoms with van der Waals surface area (Å²) in [6.07, 6.45) is 16.8. The molecule has 0 spiro atoms. The highest BCUT2D eigenvalue weighted by Gasteiger charge is 2.55. The van der Waals surface area contributed by atoms with Gasteiger partial charge in [0.2, 0.25) is 0 Å². The van der Waals surface area contributed by atoms with E-state index in [-0.39, 0.29) is 5.41 Å². The van der Waals surface area contributed by atoms with Crippen molar-refractivity contribution in [3.63, 3.8) is 0 Å². The van der Waals surface area contributed by atoms with Crippen LogP contribution in [0.1, 0.15) is 110 Å². The van der Waals surface area contributed by atoms with Crippen LogP contribution in [0.15, 0.2) is 30.3 Å². The molecule has 0 amide bonds. The average Bonchev–Trinajstić information content (AvgIpc) is 3.35. The second kappa shape index (κ2) is 17.6. The number of hydrogen-bond acceptors (Lipinski definition) is 5. The van der Waals surface area contributed by atoms with E-state index >= 15 is 0 Å². The molecule has 3 aliphatic rings. The Hall–Kier alpha value is -0.550. The van der Waals surface area contributed by atoms with Gasteiger partial charge in [0.1, 0.15) is 0 Å². The number of fused-ring (bicyclic) bond motifs is 2. The summed E-state index contributed by atoms with van der Waals surface area (Å²) in [7, 11) is 5.61. The molecule has 6 heteroatoms. The van der Waals surface area contributed by atoms with Crippen molar-refractivity contribution in [3.8, 4) is 0 Å². The molecule has 1 aromatic carbocycles. The van der Waals surface area contributed by atoms with Gasteiger partial charge in [0.25, 0.3) is 0 Å². The van der Waals surface area contributed by atoms with Crippen LogP contribution in [-0.4, -0.2) is 62.7 Å². The zero-order valence-electron chi connectivity index (χ0n) is 28.9. The van der Waals surface area contributed by atoms with Crippen LogP contribution in [0.25, 0.3) is 0 Å². The maximum atomic E-state index is 7.01. The maximum Gasteiger partial charge on any atom is 0.0636 e. The van der Waals surface area contributed by atoms with Crippen molar-refractivity contribution in [2.45, 2.75) is 129 Å². The third-order valence-electron chi connectivity index (χ3n) is 12.7. The van der Waals surface area contributed by atoms with Crippen LogP contribution >= 0.6 is 9.24 Å². The monoisotopic (exact) mass is 630 g/mol. The lowest BCUT2D eigenvalue weighted by Gasteiger charge is -2.53. The Morgan fingerprint density at radius 2 is 1.61 bits per heavy atom. The Morgan fingerprint density at radius 1 is 0.909 bits per heavy atom. The minimum atomic E-state index is 0.219. The second-order valence-electron chi connectivity index (χ2n) is 15.5. The van der Waals surface area contributed by atoms with Crippen LogP contribution in [0.2, 0.25) is 0 Å². The van der Waals surface area contributed by atoms with Gasteiger partial charge in [-0.15, -0.1) is 9.24 Å². The van der Waals surface area contributed by atoms with E-state index in [0.29, 0.717) is 41.7 Å². The number of benzene rings is 1. The third kappa shape index (κ3) is 9.07. The molecule has 3 fully saturated rings. The topological polar surface area (TPSA) is 73.7 Å². The standard InChI is InChI=1S/C38H68N3O2P/c1-29-26-36(43-25-11-22-40)38(3)31(14-8-15-32-27-33(42-24-10-21-39)19-20-37(29,32)2)17-18-34(38)35(44)16-9-23-41(4)28-30-12-6-5-7-13-30/h5-7,12-13,29,31-36H,8-11,14-28,39-40,44H2,1-4H3/t29?,31-,32?,33-,34-,35-,36+,37?,38?/m1/s1. The first-order valence-electron chi connectivity index (χ1n) is 18.3. The summed E-state index contributed by atoms with van der Waals surface area (Å²) in [6.45, 7) is 13.1. The normalized spacial score (nSPS) is 35.3. The van der Waals surface area contributed by atoms with Crippen molar-refractivity contribution in [2.24, 2.45) is 46.0 Å². The van der Waals surface area contributed by atoms with E-state index in [0.717, 1.165) is 57.5 Å². The van der Waals surface area contributed by atoms with Gasteiger partial charge >= 0.3 is 0 Å². The second-order valence-corrected chi connectivity index (χ2v) is 16.3. The molecule has 0 heterocycles. The van der Waals surface area contributed by atoms with Gasteiger partial charge in [-0.1, -0.05) is 57.5 Å². The minimum absolute atomic E-state index is 0.219. The van der Waals surface area contributed by atoms with Gasteiger partial charge in [-0.3, -0.25) is 0 Å². The molecule has 44 heavy (non-hydrogen) atoms. The van der Waals surface area contributed by atoms with Crippen LogP contribution in [0, 0.1) is 34.5 Å². The Kier molecular flexibility index (Phi) is 14.5. The summed E-state index contributed by atoms with van der Waals surface area (Å²) in [4.78, 5) is 2.49. The molecule has 4 rings (SSSR count). The summed E-state index contributed by atoms with van der Waals surface area (Å²) in [5.74, 6) is 2.81. The molecule has 0 saturated heterocycles. The average molecular weight is 630 g/mol. The zero-order chi connectivity index (χ0) is 31.6. The Bertz CT molecular complexity index is 951. The molecule has 5 nitrogen and oxygen atoms in total. The van der Waals surface area contributed by atoms with Gasteiger partial charge < -0.3 is 25.8 Å². The molecular formula is C38H68N3O2P. The molecule has 0 bridgehead atoms. The van der Waals surface area contributed by atoms with E-state index < -0.39 is 0 Å². The van der Waals surface area contributed by atoms with Crippen LogP contribution in [0.4, 0.5) is 0 Å². The summed E-state index contributed by atoms with van der Waals surface area (Å²) >= 11 is 0. The summed E-state index contributed by atoms with van der Waals surface area (Å²) < 4.78 is 13.4. The first-order valence-corrected chi connectivity index (χ1v) is 19.0. The highest BCUT2D eigenvalue weighted by molar-refractivity contribution is 7.17. The highest BCUT2D eigenvalue weighted by Crippen LogP contribution is 2.60. The Balaban J connectivity index is 1.45. The number of nitrogens with two attached hydrogens (primary N) is 2. The van der Waals surface area contributed by atoms with E-state index in [1.165, 1.54) is 76.2 Å². The zero-order valence-corrected chi connectivity index (χ0v) is 30.0. The predicted molar refractivity (Wildman–Crippen MR) is 190 cm³/mol. The van der Waals surface area contributed by atoms with Gasteiger partial charge in [0, 0.05) is 19.8 Å². The van der Waals surface area contributed by atoms with Gasteiger partial charge in [-0.2, -0.15) is 0 Å². The lowest BCUT2D eigenvalue weighted by molar-refractivity contribution is -0.115. The van der Waals surface area contributed by atoms with Crippen LogP contribution < -0.4 is 11.5 Å². The molecule has 10 atom stereocenters. The summed E-state index contributed by atoms with van der Waals surface area (Å²) in [5, 5.41) is 0. The Labute approximate surface area is 273 Å². The lowest BCUT2D eigenvalue weighted by Crippen LogP contribution is -2.50. The molecule has 3 saturated carbocycles. The third-order valence-corrected chi connectivity index (χ3v) is 13.5. The SMILES string of the molecule is CC1C[C@H](OCCCN)C2(C)[C@H](CCCC3C[C@H](OCCCN)CCC13C)CC[C@@H]2[C@H](P)CCCN(C)Cc1ccccc1. The Morgan fingerprint density at radius 3 is 2.34 bits per heavy atom. The first kappa shape index (κ1) is 36.3. The molecule has 3 aliphatic carbocycles. The van der Waals surface area contributed by atoms with E-state index in [1.807, 2.05) is 0 Å². The van der Waals surface area contributed by atoms with Crippen LogP contribution in [-0.2, 0) is 16.0 Å². The molecule has 4 N–H and O–H groups in total. The fourth-order valence-electron chi connectivity index (χ4n) is 9.68. The quantitative estimate of drug-likeness (QED) is 0.154. The van der Waals surface area contributed by atoms with Crippen molar-refractivity contribution in [1.29, 1.82) is 0 Å². The van der Waals surface area contributed by atoms with E-state index in [2.05, 4.69) is 72.3 Å². The summed E-state index contributed by atoms with van der Waals surface area (Å²) in [6, 6.07) is 10.9. The van der Waals surface area contributed by atoms with Gasteiger partial charge in [-0.05, 0) is 149 Å². The number of rotatable bonds is 15. The molecule has 0 aliphatic heterocycles. The molecule has 252 valence electrons.